The van der Waals surface area contributed by atoms with Crippen LogP contribution in [-0.2, 0) is 4.79 Å². The van der Waals surface area contributed by atoms with E-state index in [-0.39, 0.29) is 17.5 Å². The van der Waals surface area contributed by atoms with Crippen LogP contribution in [0.25, 0.3) is 0 Å². The van der Waals surface area contributed by atoms with Crippen LogP contribution >= 0.6 is 11.6 Å². The molecule has 0 aromatic heterocycles. The highest BCUT2D eigenvalue weighted by molar-refractivity contribution is 6.30. The number of nitrogens with one attached hydrogen (secondary N) is 1. The third-order valence-electron chi connectivity index (χ3n) is 2.12. The highest BCUT2D eigenvalue weighted by Gasteiger charge is 2.06. The summed E-state index contributed by atoms with van der Waals surface area (Å²) < 4.78 is 13.1. The lowest BCUT2D eigenvalue weighted by Crippen LogP contribution is -2.16. The van der Waals surface area contributed by atoms with E-state index in [0.29, 0.717) is 12.1 Å². The zero-order valence-electron chi connectivity index (χ0n) is 8.84. The number of aliphatic carboxylic acids is 1. The summed E-state index contributed by atoms with van der Waals surface area (Å²) in [6, 6.07) is 4.38. The van der Waals surface area contributed by atoms with Crippen molar-refractivity contribution >= 4 is 23.3 Å². The third kappa shape index (κ3) is 4.06. The maximum Gasteiger partial charge on any atom is 0.303 e. The van der Waals surface area contributed by atoms with Crippen molar-refractivity contribution in [1.29, 1.82) is 0 Å². The molecule has 0 saturated carbocycles. The molecule has 0 aliphatic heterocycles. The summed E-state index contributed by atoms with van der Waals surface area (Å²) in [5, 5.41) is 11.6. The predicted octanol–water partition coefficient (Wildman–Crippen LogP) is 3.14. The zero-order chi connectivity index (χ0) is 12.1. The molecule has 0 fully saturated rings. The molecule has 5 heteroatoms. The molecule has 0 saturated heterocycles. The van der Waals surface area contributed by atoms with Crippen molar-refractivity contribution in [3.8, 4) is 0 Å². The number of halogens is 2. The first-order valence-electron chi connectivity index (χ1n) is 4.92. The van der Waals surface area contributed by atoms with Gasteiger partial charge in [-0.15, -0.1) is 0 Å². The average molecular weight is 246 g/mol. The lowest BCUT2D eigenvalue weighted by atomic mass is 10.1. The second-order valence-electron chi connectivity index (χ2n) is 3.61. The van der Waals surface area contributed by atoms with Crippen LogP contribution in [0.4, 0.5) is 10.1 Å². The van der Waals surface area contributed by atoms with Crippen molar-refractivity contribution in [3.63, 3.8) is 0 Å². The van der Waals surface area contributed by atoms with Crippen molar-refractivity contribution in [2.24, 2.45) is 0 Å². The number of benzene rings is 1. The van der Waals surface area contributed by atoms with E-state index in [1.165, 1.54) is 12.1 Å². The molecule has 1 aromatic rings. The maximum absolute atomic E-state index is 13.1. The first-order valence-corrected chi connectivity index (χ1v) is 5.30. The molecule has 0 aliphatic rings. The molecule has 0 heterocycles. The summed E-state index contributed by atoms with van der Waals surface area (Å²) in [6.45, 7) is 1.84. The van der Waals surface area contributed by atoms with E-state index in [1.54, 1.807) is 6.07 Å². The van der Waals surface area contributed by atoms with E-state index < -0.39 is 11.8 Å². The predicted molar refractivity (Wildman–Crippen MR) is 61.4 cm³/mol. The fourth-order valence-electron chi connectivity index (χ4n) is 1.28. The Morgan fingerprint density at radius 2 is 2.31 bits per heavy atom. The summed E-state index contributed by atoms with van der Waals surface area (Å²) in [7, 11) is 0. The van der Waals surface area contributed by atoms with Crippen LogP contribution in [0, 0.1) is 5.82 Å². The van der Waals surface area contributed by atoms with E-state index in [1.807, 2.05) is 6.92 Å². The Bertz CT molecular complexity index is 384. The highest BCUT2D eigenvalue weighted by Crippen LogP contribution is 2.19. The van der Waals surface area contributed by atoms with Gasteiger partial charge in [0.2, 0.25) is 0 Å². The number of rotatable bonds is 5. The van der Waals surface area contributed by atoms with E-state index in [2.05, 4.69) is 5.32 Å². The number of hydrogen-bond donors (Lipinski definition) is 2. The topological polar surface area (TPSA) is 49.3 Å². The molecule has 1 atom stereocenters. The van der Waals surface area contributed by atoms with Gasteiger partial charge in [0.25, 0.3) is 0 Å². The van der Waals surface area contributed by atoms with Crippen LogP contribution in [0.3, 0.4) is 0 Å². The van der Waals surface area contributed by atoms with Gasteiger partial charge in [-0.3, -0.25) is 4.79 Å². The lowest BCUT2D eigenvalue weighted by Gasteiger charge is -2.14. The Labute approximate surface area is 98.2 Å². The highest BCUT2D eigenvalue weighted by atomic mass is 35.5. The van der Waals surface area contributed by atoms with Crippen LogP contribution in [-0.4, -0.2) is 17.1 Å². The molecule has 0 bridgehead atoms. The Morgan fingerprint density at radius 3 is 2.88 bits per heavy atom. The van der Waals surface area contributed by atoms with Gasteiger partial charge in [-0.1, -0.05) is 11.6 Å². The fourth-order valence-corrected chi connectivity index (χ4v) is 1.40. The van der Waals surface area contributed by atoms with Gasteiger partial charge in [-0.25, -0.2) is 4.39 Å². The minimum atomic E-state index is -0.837. The van der Waals surface area contributed by atoms with Gasteiger partial charge in [-0.2, -0.15) is 0 Å². The largest absolute Gasteiger partial charge is 0.481 e. The number of anilines is 1. The van der Waals surface area contributed by atoms with Gasteiger partial charge in [0.1, 0.15) is 5.82 Å². The molecular weight excluding hydrogens is 233 g/mol. The Morgan fingerprint density at radius 1 is 1.62 bits per heavy atom. The van der Waals surface area contributed by atoms with Gasteiger partial charge < -0.3 is 10.4 Å². The molecule has 0 spiro atoms. The van der Waals surface area contributed by atoms with Crippen LogP contribution in [0.5, 0.6) is 0 Å². The molecular formula is C11H13ClFNO2. The Kier molecular flexibility index (Phi) is 4.55. The van der Waals surface area contributed by atoms with Crippen LogP contribution in [0.1, 0.15) is 19.8 Å². The average Bonchev–Trinajstić information content (AvgIpc) is 2.21. The summed E-state index contributed by atoms with van der Waals surface area (Å²) in [4.78, 5) is 10.3. The standard InChI is InChI=1S/C11H13ClFNO2/c1-7(2-5-11(15)16)14-8-3-4-9(12)10(13)6-8/h3-4,6-7,14H,2,5H2,1H3,(H,15,16). The first-order chi connectivity index (χ1) is 7.49. The molecule has 0 aliphatic carbocycles. The molecule has 0 radical (unpaired) electrons. The molecule has 2 N–H and O–H groups in total. The fraction of sp³-hybridized carbons (Fsp3) is 0.364. The van der Waals surface area contributed by atoms with E-state index in [9.17, 15) is 9.18 Å². The van der Waals surface area contributed by atoms with Gasteiger partial charge in [0, 0.05) is 18.2 Å². The van der Waals surface area contributed by atoms with Crippen molar-refractivity contribution in [2.75, 3.05) is 5.32 Å². The second-order valence-corrected chi connectivity index (χ2v) is 4.01. The quantitative estimate of drug-likeness (QED) is 0.838. The molecule has 0 amide bonds. The Balaban J connectivity index is 2.52. The molecule has 1 unspecified atom stereocenters. The minimum absolute atomic E-state index is 0.0309. The van der Waals surface area contributed by atoms with E-state index >= 15 is 0 Å². The van der Waals surface area contributed by atoms with Crippen molar-refractivity contribution in [1.82, 2.24) is 0 Å². The van der Waals surface area contributed by atoms with Gasteiger partial charge in [0.15, 0.2) is 0 Å². The zero-order valence-corrected chi connectivity index (χ0v) is 9.59. The maximum atomic E-state index is 13.1. The lowest BCUT2D eigenvalue weighted by molar-refractivity contribution is -0.137. The smallest absolute Gasteiger partial charge is 0.303 e. The van der Waals surface area contributed by atoms with Crippen LogP contribution in [0.2, 0.25) is 5.02 Å². The van der Waals surface area contributed by atoms with Crippen molar-refractivity contribution in [2.45, 2.75) is 25.8 Å². The van der Waals surface area contributed by atoms with E-state index in [0.717, 1.165) is 0 Å². The second kappa shape index (κ2) is 5.70. The normalized spacial score (nSPS) is 12.2. The summed E-state index contributed by atoms with van der Waals surface area (Å²) in [6.07, 6.45) is 0.573. The molecule has 16 heavy (non-hydrogen) atoms. The van der Waals surface area contributed by atoms with Gasteiger partial charge in [-0.05, 0) is 31.5 Å². The van der Waals surface area contributed by atoms with Gasteiger partial charge >= 0.3 is 5.97 Å². The van der Waals surface area contributed by atoms with Crippen LogP contribution in [0.15, 0.2) is 18.2 Å². The number of carbonyl (C=O) groups is 1. The molecule has 88 valence electrons. The minimum Gasteiger partial charge on any atom is -0.481 e. The summed E-state index contributed by atoms with van der Waals surface area (Å²) in [5.41, 5.74) is 0.597. The third-order valence-corrected chi connectivity index (χ3v) is 2.43. The van der Waals surface area contributed by atoms with Crippen molar-refractivity contribution in [3.05, 3.63) is 29.0 Å². The number of hydrogen-bond acceptors (Lipinski definition) is 2. The van der Waals surface area contributed by atoms with Crippen molar-refractivity contribution < 1.29 is 14.3 Å². The monoisotopic (exact) mass is 245 g/mol. The summed E-state index contributed by atoms with van der Waals surface area (Å²) >= 11 is 5.54. The molecule has 3 nitrogen and oxygen atoms in total. The van der Waals surface area contributed by atoms with Gasteiger partial charge in [0.05, 0.1) is 5.02 Å². The first kappa shape index (κ1) is 12.8. The van der Waals surface area contributed by atoms with E-state index in [4.69, 9.17) is 16.7 Å². The SMILES string of the molecule is CC(CCC(=O)O)Nc1ccc(Cl)c(F)c1. The Hall–Kier alpha value is -1.29. The number of carboxylic acid groups (broad SMARTS) is 1. The van der Waals surface area contributed by atoms with Crippen LogP contribution < -0.4 is 5.32 Å². The summed E-state index contributed by atoms with van der Waals surface area (Å²) in [5.74, 6) is -1.33. The number of carboxylic acids is 1. The molecule has 1 aromatic carbocycles. The molecule has 1 rings (SSSR count).